The molecule has 0 bridgehead atoms. The third-order valence-electron chi connectivity index (χ3n) is 1.98. The van der Waals surface area contributed by atoms with E-state index < -0.39 is 16.4 Å². The number of phenols is 3. The van der Waals surface area contributed by atoms with Gasteiger partial charge < -0.3 is 29.5 Å². The van der Waals surface area contributed by atoms with E-state index in [9.17, 15) is 4.79 Å². The third-order valence-corrected chi connectivity index (χ3v) is 1.98. The van der Waals surface area contributed by atoms with Gasteiger partial charge in [-0.2, -0.15) is 0 Å². The molecule has 11 heteroatoms. The molecule has 0 heterocycles. The second-order valence-corrected chi connectivity index (χ2v) is 4.56. The van der Waals surface area contributed by atoms with Crippen LogP contribution in [0.5, 0.6) is 17.2 Å². The number of aromatic carboxylic acids is 1. The molecule has 0 atom stereocenters. The first kappa shape index (κ1) is 24.0. The molecule has 1 radical (unpaired) electrons. The fraction of sp³-hybridized carbons (Fsp3) is 0. The van der Waals surface area contributed by atoms with Crippen molar-refractivity contribution in [1.29, 1.82) is 0 Å². The molecule has 24 heavy (non-hydrogen) atoms. The van der Waals surface area contributed by atoms with Crippen LogP contribution in [0.4, 0.5) is 0 Å². The smallest absolute Gasteiger partial charge is 0.759 e. The molecule has 4 N–H and O–H groups in total. The molecule has 0 fully saturated rings. The number of hydrogen-bond acceptors (Lipinski definition) is 8. The molecule has 0 saturated heterocycles. The van der Waals surface area contributed by atoms with Crippen molar-refractivity contribution in [2.45, 2.75) is 0 Å². The van der Waals surface area contributed by atoms with Crippen LogP contribution in [-0.2, 0) is 27.5 Å². The van der Waals surface area contributed by atoms with E-state index in [4.69, 9.17) is 37.9 Å². The number of para-hydroxylation sites is 1. The van der Waals surface area contributed by atoms with Gasteiger partial charge in [-0.15, -0.1) is 0 Å². The summed E-state index contributed by atoms with van der Waals surface area (Å²) in [6.45, 7) is 0. The molecular weight excluding hydrogens is 387 g/mol. The Balaban J connectivity index is 0. The molecular formula is C13H12MnO9S. The summed E-state index contributed by atoms with van der Waals surface area (Å²) in [6, 6.07) is 11.5. The molecule has 0 unspecified atom stereocenters. The summed E-state index contributed by atoms with van der Waals surface area (Å²) in [5, 5.41) is 34.6. The molecule has 0 spiro atoms. The second kappa shape index (κ2) is 11.3. The number of aromatic hydroxyl groups is 3. The van der Waals surface area contributed by atoms with Crippen molar-refractivity contribution >= 4 is 16.4 Å². The fourth-order valence-electron chi connectivity index (χ4n) is 1.11. The minimum absolute atomic E-state index is 0. The van der Waals surface area contributed by atoms with Gasteiger partial charge in [-0.05, 0) is 36.4 Å². The molecule has 0 aliphatic heterocycles. The van der Waals surface area contributed by atoms with Crippen LogP contribution in [0.25, 0.3) is 0 Å². The van der Waals surface area contributed by atoms with Gasteiger partial charge in [-0.25, -0.2) is 4.79 Å². The second-order valence-electron chi connectivity index (χ2n) is 3.75. The summed E-state index contributed by atoms with van der Waals surface area (Å²) in [5.74, 6) is -0.973. The Hall–Kier alpha value is -2.30. The minimum Gasteiger partial charge on any atom is -0.759 e. The average molecular weight is 399 g/mol. The molecule has 2 aromatic rings. The number of carbonyl (C=O) groups is 1. The predicted molar refractivity (Wildman–Crippen MR) is 75.3 cm³/mol. The van der Waals surface area contributed by atoms with Crippen molar-refractivity contribution in [3.63, 3.8) is 0 Å². The first-order chi connectivity index (χ1) is 10.5. The summed E-state index contributed by atoms with van der Waals surface area (Å²) in [7, 11) is -5.17. The molecule has 0 amide bonds. The van der Waals surface area contributed by atoms with Gasteiger partial charge in [0.05, 0.1) is 0 Å². The normalized spacial score (nSPS) is 9.25. The van der Waals surface area contributed by atoms with Gasteiger partial charge in [-0.3, -0.25) is 8.42 Å². The van der Waals surface area contributed by atoms with Crippen LogP contribution in [0.2, 0.25) is 0 Å². The first-order valence-electron chi connectivity index (χ1n) is 5.66. The van der Waals surface area contributed by atoms with Crippen LogP contribution in [0.1, 0.15) is 10.4 Å². The monoisotopic (exact) mass is 399 g/mol. The summed E-state index contributed by atoms with van der Waals surface area (Å²) >= 11 is 0. The quantitative estimate of drug-likeness (QED) is 0.234. The Morgan fingerprint density at radius 3 is 1.42 bits per heavy atom. The maximum Gasteiger partial charge on any atom is 2.00 e. The van der Waals surface area contributed by atoms with Gasteiger partial charge in [0.15, 0.2) is 0 Å². The van der Waals surface area contributed by atoms with Crippen molar-refractivity contribution < 1.29 is 59.8 Å². The number of phenolic OH excluding ortho intramolecular Hbond substituents is 2. The average Bonchev–Trinajstić information content (AvgIpc) is 2.41. The van der Waals surface area contributed by atoms with Gasteiger partial charge in [0.25, 0.3) is 0 Å². The summed E-state index contributed by atoms with van der Waals surface area (Å²) < 4.78 is 34.1. The van der Waals surface area contributed by atoms with E-state index in [0.717, 1.165) is 0 Å². The molecule has 2 rings (SSSR count). The van der Waals surface area contributed by atoms with Gasteiger partial charge in [-0.1, -0.05) is 12.1 Å². The van der Waals surface area contributed by atoms with Crippen LogP contribution < -0.4 is 0 Å². The Labute approximate surface area is 147 Å². The minimum atomic E-state index is -5.17. The van der Waals surface area contributed by atoms with Crippen LogP contribution in [0.3, 0.4) is 0 Å². The standard InChI is InChI=1S/C7H6O3.C6H6O2.Mn.H2O4S/c8-6-4-2-1-3-5(6)7(9)10;7-5-1-2-6(8)4-3-5;;1-5(2,3)4/h1-4,8H,(H,9,10);1-4,7-8H;;(H2,1,2,3,4)/q;;+2;/p-2. The van der Waals surface area contributed by atoms with E-state index in [-0.39, 0.29) is 39.9 Å². The zero-order chi connectivity index (χ0) is 18.0. The van der Waals surface area contributed by atoms with E-state index in [1.54, 1.807) is 12.1 Å². The Morgan fingerprint density at radius 1 is 0.833 bits per heavy atom. The molecule has 0 saturated carbocycles. The summed E-state index contributed by atoms with van der Waals surface area (Å²) in [4.78, 5) is 10.3. The van der Waals surface area contributed by atoms with Crippen molar-refractivity contribution in [2.24, 2.45) is 0 Å². The molecule has 0 aromatic heterocycles. The first-order valence-corrected chi connectivity index (χ1v) is 7.00. The van der Waals surface area contributed by atoms with Crippen molar-refractivity contribution in [2.75, 3.05) is 0 Å². The van der Waals surface area contributed by atoms with Crippen molar-refractivity contribution in [1.82, 2.24) is 0 Å². The topological polar surface area (TPSA) is 178 Å². The summed E-state index contributed by atoms with van der Waals surface area (Å²) in [5.41, 5.74) is -0.0671. The van der Waals surface area contributed by atoms with E-state index in [1.165, 1.54) is 36.4 Å². The Kier molecular flexibility index (Phi) is 11.2. The Morgan fingerprint density at radius 2 is 1.17 bits per heavy atom. The van der Waals surface area contributed by atoms with Crippen LogP contribution in [0.15, 0.2) is 48.5 Å². The number of carboxylic acids is 1. The van der Waals surface area contributed by atoms with E-state index >= 15 is 0 Å². The van der Waals surface area contributed by atoms with Crippen LogP contribution in [-0.4, -0.2) is 43.9 Å². The summed E-state index contributed by atoms with van der Waals surface area (Å²) in [6.07, 6.45) is 0. The number of hydrogen-bond donors (Lipinski definition) is 4. The van der Waals surface area contributed by atoms with E-state index in [1.807, 2.05) is 0 Å². The number of benzene rings is 2. The van der Waals surface area contributed by atoms with Crippen molar-refractivity contribution in [3.8, 4) is 17.2 Å². The van der Waals surface area contributed by atoms with Gasteiger partial charge in [0.2, 0.25) is 0 Å². The van der Waals surface area contributed by atoms with Gasteiger partial charge in [0.1, 0.15) is 22.8 Å². The molecule has 0 aliphatic rings. The predicted octanol–water partition coefficient (Wildman–Crippen LogP) is 0.848. The zero-order valence-corrected chi connectivity index (χ0v) is 13.7. The van der Waals surface area contributed by atoms with Crippen molar-refractivity contribution in [3.05, 3.63) is 54.1 Å². The zero-order valence-electron chi connectivity index (χ0n) is 11.7. The van der Waals surface area contributed by atoms with Gasteiger partial charge in [0, 0.05) is 10.4 Å². The molecule has 0 aliphatic carbocycles. The third kappa shape index (κ3) is 13.4. The fourth-order valence-corrected chi connectivity index (χ4v) is 1.11. The molecule has 9 nitrogen and oxygen atoms in total. The number of rotatable bonds is 1. The van der Waals surface area contributed by atoms with Crippen LogP contribution >= 0.6 is 0 Å². The maximum absolute atomic E-state index is 10.3. The maximum atomic E-state index is 10.3. The van der Waals surface area contributed by atoms with Gasteiger partial charge >= 0.3 is 23.0 Å². The number of carboxylic acid groups (broad SMARTS) is 1. The van der Waals surface area contributed by atoms with E-state index in [2.05, 4.69) is 0 Å². The molecule has 131 valence electrons. The van der Waals surface area contributed by atoms with E-state index in [0.29, 0.717) is 0 Å². The van der Waals surface area contributed by atoms with Crippen LogP contribution in [0, 0.1) is 0 Å². The largest absolute Gasteiger partial charge is 2.00 e. The SMILES string of the molecule is O=C(O)c1ccccc1O.O=S(=O)([O-])[O-].Oc1ccc(O)cc1.[Mn+2]. The Bertz CT molecular complexity index is 700. The molecule has 2 aromatic carbocycles.